The third-order valence-corrected chi connectivity index (χ3v) is 9.87. The molecule has 59 heavy (non-hydrogen) atoms. The Bertz CT molecular complexity index is 1950. The molecule has 1 atom stereocenters. The van der Waals surface area contributed by atoms with Crippen molar-refractivity contribution in [1.29, 1.82) is 0 Å². The van der Waals surface area contributed by atoms with Crippen LogP contribution >= 0.6 is 0 Å². The Hall–Kier alpha value is -5.10. The minimum atomic E-state index is -5.16. The average Bonchev–Trinajstić information content (AvgIpc) is 3.44. The highest BCUT2D eigenvalue weighted by atomic mass is 32.2. The van der Waals surface area contributed by atoms with Gasteiger partial charge in [-0.2, -0.15) is 8.42 Å². The second kappa shape index (κ2) is 18.9. The maximum atomic E-state index is 17.6. The molecule has 0 bridgehead atoms. The standard InChI is InChI=1S/C41H57FN4O12S/c1-11-19-54-36(48)43-59(51,52)45(23-33(47)56-39(2,3)4)35-32(55-26-27-15-13-12-14-16-27)21-31-30(34(35)42)20-29(46(31)38(50)58-41(8,9)10)22-44(18-17-28-24-53-25-28)37(49)57-40(5,6)7/h11-16,21,28-29H,1,17-20,22-26H2,2-10H3,(H,43,48)/t29-/m1/s1. The smallest absolute Gasteiger partial charge is 0.422 e. The molecule has 0 spiro atoms. The summed E-state index contributed by atoms with van der Waals surface area (Å²) in [4.78, 5) is 56.5. The Morgan fingerprint density at radius 2 is 1.59 bits per heavy atom. The fourth-order valence-electron chi connectivity index (χ4n) is 6.09. The normalized spacial score (nSPS) is 15.6. The highest BCUT2D eigenvalue weighted by molar-refractivity contribution is 7.91. The Labute approximate surface area is 346 Å². The van der Waals surface area contributed by atoms with E-state index >= 15 is 4.39 Å². The van der Waals surface area contributed by atoms with Crippen LogP contribution in [0.5, 0.6) is 5.75 Å². The molecule has 2 aliphatic rings. The van der Waals surface area contributed by atoms with E-state index < -0.39 is 81.1 Å². The lowest BCUT2D eigenvalue weighted by Crippen LogP contribution is -2.50. The van der Waals surface area contributed by atoms with Crippen LogP contribution in [0.4, 0.5) is 30.1 Å². The molecule has 2 aromatic carbocycles. The Kier molecular flexibility index (Phi) is 14.9. The molecule has 1 N–H and O–H groups in total. The summed E-state index contributed by atoms with van der Waals surface area (Å²) in [6.45, 7) is 17.7. The summed E-state index contributed by atoms with van der Waals surface area (Å²) in [5.41, 5.74) is -3.28. The van der Waals surface area contributed by atoms with E-state index in [0.717, 1.165) is 0 Å². The van der Waals surface area contributed by atoms with E-state index in [4.69, 9.17) is 28.4 Å². The molecule has 16 nitrogen and oxygen atoms in total. The van der Waals surface area contributed by atoms with Gasteiger partial charge in [0.2, 0.25) is 0 Å². The molecular formula is C41H57FN4O12S. The van der Waals surface area contributed by atoms with E-state index in [1.807, 2.05) is 0 Å². The van der Waals surface area contributed by atoms with E-state index in [2.05, 4.69) is 6.58 Å². The number of nitrogens with one attached hydrogen (secondary N) is 1. The lowest BCUT2D eigenvalue weighted by molar-refractivity contribution is -0.152. The van der Waals surface area contributed by atoms with Crippen LogP contribution in [-0.2, 0) is 51.7 Å². The number of anilines is 2. The third kappa shape index (κ3) is 13.5. The van der Waals surface area contributed by atoms with Gasteiger partial charge in [-0.25, -0.2) is 27.8 Å². The van der Waals surface area contributed by atoms with Crippen LogP contribution in [0, 0.1) is 11.7 Å². The van der Waals surface area contributed by atoms with Crippen LogP contribution in [-0.4, -0.2) is 99.9 Å². The molecular weight excluding hydrogens is 792 g/mol. The average molecular weight is 849 g/mol. The molecule has 0 radical (unpaired) electrons. The minimum absolute atomic E-state index is 0.0296. The van der Waals surface area contributed by atoms with Gasteiger partial charge in [-0.3, -0.25) is 9.69 Å². The Morgan fingerprint density at radius 3 is 2.15 bits per heavy atom. The van der Waals surface area contributed by atoms with Gasteiger partial charge in [0.05, 0.1) is 24.9 Å². The molecule has 1 fully saturated rings. The number of hydrogen-bond acceptors (Lipinski definition) is 12. The predicted octanol–water partition coefficient (Wildman–Crippen LogP) is 6.65. The summed E-state index contributed by atoms with van der Waals surface area (Å²) >= 11 is 0. The number of carbonyl (C=O) groups excluding carboxylic acids is 4. The highest BCUT2D eigenvalue weighted by Crippen LogP contribution is 2.46. The zero-order chi connectivity index (χ0) is 43.9. The van der Waals surface area contributed by atoms with Crippen molar-refractivity contribution in [2.24, 2.45) is 5.92 Å². The summed E-state index contributed by atoms with van der Waals surface area (Å²) in [6, 6.07) is 9.01. The number of nitrogens with zero attached hydrogens (tertiary/aromatic N) is 3. The largest absolute Gasteiger partial charge is 0.487 e. The number of carbonyl (C=O) groups is 4. The van der Waals surface area contributed by atoms with E-state index in [0.29, 0.717) is 29.5 Å². The molecule has 0 aromatic heterocycles. The fourth-order valence-corrected chi connectivity index (χ4v) is 7.15. The third-order valence-electron chi connectivity index (χ3n) is 8.55. The van der Waals surface area contributed by atoms with Crippen LogP contribution in [0.15, 0.2) is 49.1 Å². The highest BCUT2D eigenvalue weighted by Gasteiger charge is 2.44. The fraction of sp³-hybridized carbons (Fsp3) is 0.561. The monoisotopic (exact) mass is 848 g/mol. The Balaban J connectivity index is 1.92. The topological polar surface area (TPSA) is 180 Å². The second-order valence-corrected chi connectivity index (χ2v) is 18.8. The lowest BCUT2D eigenvalue weighted by atomic mass is 10.0. The number of rotatable bonds is 15. The van der Waals surface area contributed by atoms with Crippen molar-refractivity contribution in [2.45, 2.75) is 105 Å². The number of halogens is 1. The molecule has 18 heteroatoms. The summed E-state index contributed by atoms with van der Waals surface area (Å²) in [5.74, 6) is -2.49. The van der Waals surface area contributed by atoms with E-state index in [1.54, 1.807) is 97.4 Å². The molecule has 0 saturated carbocycles. The van der Waals surface area contributed by atoms with Crippen molar-refractivity contribution in [2.75, 3.05) is 48.7 Å². The molecule has 0 unspecified atom stereocenters. The number of hydrogen-bond donors (Lipinski definition) is 1. The first-order valence-corrected chi connectivity index (χ1v) is 20.7. The molecule has 1 saturated heterocycles. The molecule has 3 amide bonds. The summed E-state index contributed by atoms with van der Waals surface area (Å²) in [7, 11) is -5.16. The molecule has 4 rings (SSSR count). The minimum Gasteiger partial charge on any atom is -0.487 e. The van der Waals surface area contributed by atoms with Crippen LogP contribution in [0.1, 0.15) is 79.9 Å². The molecule has 2 aliphatic heterocycles. The van der Waals surface area contributed by atoms with E-state index in [1.165, 1.54) is 21.9 Å². The van der Waals surface area contributed by atoms with Gasteiger partial charge in [-0.15, -0.1) is 0 Å². The number of esters is 1. The number of amides is 3. The van der Waals surface area contributed by atoms with Crippen molar-refractivity contribution in [3.8, 4) is 5.75 Å². The van der Waals surface area contributed by atoms with Gasteiger partial charge in [-0.1, -0.05) is 43.0 Å². The zero-order valence-corrected chi connectivity index (χ0v) is 36.1. The number of fused-ring (bicyclic) bond motifs is 1. The van der Waals surface area contributed by atoms with Crippen LogP contribution in [0.2, 0.25) is 0 Å². The molecule has 326 valence electrons. The first-order valence-electron chi connectivity index (χ1n) is 19.3. The summed E-state index contributed by atoms with van der Waals surface area (Å²) in [5, 5.41) is 0. The molecule has 2 heterocycles. The lowest BCUT2D eigenvalue weighted by Gasteiger charge is -2.35. The van der Waals surface area contributed by atoms with Crippen molar-refractivity contribution in [1.82, 2.24) is 9.62 Å². The molecule has 0 aliphatic carbocycles. The Morgan fingerprint density at radius 1 is 0.966 bits per heavy atom. The van der Waals surface area contributed by atoms with Gasteiger partial charge in [-0.05, 0) is 74.3 Å². The van der Waals surface area contributed by atoms with Gasteiger partial charge in [0.15, 0.2) is 5.82 Å². The predicted molar refractivity (Wildman–Crippen MR) is 217 cm³/mol. The van der Waals surface area contributed by atoms with Crippen LogP contribution < -0.4 is 18.7 Å². The van der Waals surface area contributed by atoms with Crippen LogP contribution in [0.3, 0.4) is 0 Å². The van der Waals surface area contributed by atoms with Crippen molar-refractivity contribution in [3.05, 3.63) is 66.0 Å². The van der Waals surface area contributed by atoms with Gasteiger partial charge in [0.1, 0.15) is 48.0 Å². The first kappa shape index (κ1) is 46.6. The van der Waals surface area contributed by atoms with Crippen molar-refractivity contribution >= 4 is 45.8 Å². The number of ether oxygens (including phenoxy) is 6. The van der Waals surface area contributed by atoms with E-state index in [-0.39, 0.29) is 49.9 Å². The second-order valence-electron chi connectivity index (χ2n) is 17.2. The summed E-state index contributed by atoms with van der Waals surface area (Å²) < 4.78 is 81.1. The first-order chi connectivity index (χ1) is 27.4. The van der Waals surface area contributed by atoms with Gasteiger partial charge in [0.25, 0.3) is 0 Å². The summed E-state index contributed by atoms with van der Waals surface area (Å²) in [6.07, 6.45) is -1.43. The van der Waals surface area contributed by atoms with Gasteiger partial charge >= 0.3 is 34.5 Å². The quantitative estimate of drug-likeness (QED) is 0.115. The maximum absolute atomic E-state index is 17.6. The zero-order valence-electron chi connectivity index (χ0n) is 35.3. The van der Waals surface area contributed by atoms with Crippen LogP contribution in [0.25, 0.3) is 0 Å². The SMILES string of the molecule is C=CCOC(=O)NS(=O)(=O)N(CC(=O)OC(C)(C)C)c1c(OCc2ccccc2)cc2c(c1F)C[C@H](CN(CCC1COC1)C(=O)OC(C)(C)C)N2C(=O)OC(C)(C)C. The van der Waals surface area contributed by atoms with Gasteiger partial charge < -0.3 is 33.3 Å². The van der Waals surface area contributed by atoms with Gasteiger partial charge in [0, 0.05) is 37.1 Å². The number of benzene rings is 2. The van der Waals surface area contributed by atoms with Crippen molar-refractivity contribution < 1.29 is 60.4 Å². The van der Waals surface area contributed by atoms with E-state index in [9.17, 15) is 27.6 Å². The maximum Gasteiger partial charge on any atom is 0.422 e. The van der Waals surface area contributed by atoms with Crippen molar-refractivity contribution in [3.63, 3.8) is 0 Å². The molecule has 2 aromatic rings.